The number of aromatic nitrogens is 2. The van der Waals surface area contributed by atoms with E-state index < -0.39 is 0 Å². The van der Waals surface area contributed by atoms with Crippen molar-refractivity contribution in [3.63, 3.8) is 0 Å². The number of fused-ring (bicyclic) bond motifs is 9. The SMILES string of the molecule is c1ccc(-n2c3ccccc3c3ccc4c5ccccc5n(-c5cccc(B(c6ccc7ccccc7c6)c6ccc7ccccc7c6)c5)c4c32)cc1. The van der Waals surface area contributed by atoms with Gasteiger partial charge in [0.1, 0.15) is 0 Å². The monoisotopic (exact) mass is 672 g/mol. The van der Waals surface area contributed by atoms with Gasteiger partial charge in [0, 0.05) is 32.9 Å². The average molecular weight is 673 g/mol. The van der Waals surface area contributed by atoms with Gasteiger partial charge in [-0.3, -0.25) is 0 Å². The molecule has 2 heterocycles. The first-order valence-electron chi connectivity index (χ1n) is 18.4. The van der Waals surface area contributed by atoms with E-state index in [1.54, 1.807) is 0 Å². The van der Waals surface area contributed by atoms with Gasteiger partial charge in [0.05, 0.1) is 22.1 Å². The summed E-state index contributed by atoms with van der Waals surface area (Å²) in [5.74, 6) is 0. The van der Waals surface area contributed by atoms with Crippen molar-refractivity contribution in [1.29, 1.82) is 0 Å². The van der Waals surface area contributed by atoms with E-state index in [0.29, 0.717) is 0 Å². The molecule has 246 valence electrons. The van der Waals surface area contributed by atoms with Crippen LogP contribution in [0.4, 0.5) is 0 Å². The van der Waals surface area contributed by atoms with E-state index in [4.69, 9.17) is 0 Å². The molecule has 2 nitrogen and oxygen atoms in total. The Bertz CT molecular complexity index is 3110. The van der Waals surface area contributed by atoms with Crippen LogP contribution in [0.3, 0.4) is 0 Å². The fraction of sp³-hybridized carbons (Fsp3) is 0. The molecule has 11 aromatic rings. The Hall–Kier alpha value is -6.84. The van der Waals surface area contributed by atoms with Crippen LogP contribution in [0.5, 0.6) is 0 Å². The molecule has 0 radical (unpaired) electrons. The Kier molecular flexibility index (Phi) is 6.68. The Morgan fingerprint density at radius 3 is 1.32 bits per heavy atom. The Labute approximate surface area is 307 Å². The maximum absolute atomic E-state index is 2.51. The number of nitrogens with zero attached hydrogens (tertiary/aromatic N) is 2. The van der Waals surface area contributed by atoms with Crippen LogP contribution in [0.25, 0.3) is 76.5 Å². The third kappa shape index (κ3) is 4.68. The summed E-state index contributed by atoms with van der Waals surface area (Å²) >= 11 is 0. The van der Waals surface area contributed by atoms with Crippen LogP contribution in [-0.2, 0) is 0 Å². The number of para-hydroxylation sites is 3. The molecule has 0 aliphatic carbocycles. The quantitative estimate of drug-likeness (QED) is 0.161. The van der Waals surface area contributed by atoms with Gasteiger partial charge in [-0.25, -0.2) is 0 Å². The molecule has 0 unspecified atom stereocenters. The van der Waals surface area contributed by atoms with Crippen LogP contribution in [0.15, 0.2) is 200 Å². The normalized spacial score (nSPS) is 11.8. The van der Waals surface area contributed by atoms with E-state index in [1.165, 1.54) is 81.5 Å². The van der Waals surface area contributed by atoms with Gasteiger partial charge in [0.15, 0.2) is 0 Å². The Morgan fingerprint density at radius 2 is 0.736 bits per heavy atom. The molecular weight excluding hydrogens is 639 g/mol. The zero-order valence-electron chi connectivity index (χ0n) is 29.0. The number of hydrogen-bond donors (Lipinski definition) is 0. The summed E-state index contributed by atoms with van der Waals surface area (Å²) in [6, 6.07) is 73.7. The lowest BCUT2D eigenvalue weighted by Gasteiger charge is -2.19. The Balaban J connectivity index is 1.21. The molecule has 0 aliphatic heterocycles. The highest BCUT2D eigenvalue weighted by Gasteiger charge is 2.25. The second kappa shape index (κ2) is 11.9. The summed E-state index contributed by atoms with van der Waals surface area (Å²) in [5.41, 5.74) is 11.0. The van der Waals surface area contributed by atoms with Gasteiger partial charge in [0.2, 0.25) is 6.71 Å². The fourth-order valence-electron chi connectivity index (χ4n) is 8.81. The minimum Gasteiger partial charge on any atom is -0.307 e. The molecule has 0 bridgehead atoms. The lowest BCUT2D eigenvalue weighted by molar-refractivity contribution is 1.15. The largest absolute Gasteiger partial charge is 0.307 e. The van der Waals surface area contributed by atoms with Crippen LogP contribution in [0.1, 0.15) is 0 Å². The van der Waals surface area contributed by atoms with Gasteiger partial charge >= 0.3 is 0 Å². The van der Waals surface area contributed by atoms with Gasteiger partial charge < -0.3 is 9.13 Å². The van der Waals surface area contributed by atoms with Crippen molar-refractivity contribution in [2.75, 3.05) is 0 Å². The molecular formula is C50H33BN2. The van der Waals surface area contributed by atoms with Gasteiger partial charge in [-0.15, -0.1) is 0 Å². The van der Waals surface area contributed by atoms with Crippen molar-refractivity contribution < 1.29 is 0 Å². The first-order chi connectivity index (χ1) is 26.3. The van der Waals surface area contributed by atoms with E-state index in [-0.39, 0.29) is 6.71 Å². The molecule has 2 aromatic heterocycles. The van der Waals surface area contributed by atoms with E-state index in [2.05, 4.69) is 209 Å². The molecule has 9 aromatic carbocycles. The molecule has 0 saturated carbocycles. The molecule has 0 atom stereocenters. The molecule has 0 fully saturated rings. The highest BCUT2D eigenvalue weighted by atomic mass is 15.0. The summed E-state index contributed by atoms with van der Waals surface area (Å²) in [6.07, 6.45) is 0. The van der Waals surface area contributed by atoms with Crippen molar-refractivity contribution in [3.05, 3.63) is 200 Å². The van der Waals surface area contributed by atoms with Crippen LogP contribution < -0.4 is 16.4 Å². The third-order valence-electron chi connectivity index (χ3n) is 11.2. The molecule has 0 aliphatic rings. The molecule has 0 amide bonds. The second-order valence-corrected chi connectivity index (χ2v) is 14.1. The standard InChI is InChI=1S/C50H33BN2/c1-2-18-41(19-3-1)52-47-23-10-8-21-43(47)45-29-30-46-44-22-9-11-24-48(44)53(50(46)49(45)52)42-20-12-17-38(33-42)51(39-27-25-34-13-4-6-15-36(34)31-39)40-28-26-35-14-5-7-16-37(35)32-40/h1-33H. The molecule has 0 N–H and O–H groups in total. The molecule has 3 heteroatoms. The third-order valence-corrected chi connectivity index (χ3v) is 11.2. The van der Waals surface area contributed by atoms with Crippen LogP contribution in [0.2, 0.25) is 0 Å². The highest BCUT2D eigenvalue weighted by Crippen LogP contribution is 2.41. The molecule has 0 saturated heterocycles. The summed E-state index contributed by atoms with van der Waals surface area (Å²) in [7, 11) is 0. The topological polar surface area (TPSA) is 9.86 Å². The maximum Gasteiger partial charge on any atom is 0.241 e. The van der Waals surface area contributed by atoms with Crippen molar-refractivity contribution in [1.82, 2.24) is 9.13 Å². The number of rotatable bonds is 5. The van der Waals surface area contributed by atoms with Gasteiger partial charge in [-0.05, 0) is 57.9 Å². The molecule has 53 heavy (non-hydrogen) atoms. The van der Waals surface area contributed by atoms with Crippen molar-refractivity contribution in [2.24, 2.45) is 0 Å². The van der Waals surface area contributed by atoms with E-state index in [9.17, 15) is 0 Å². The van der Waals surface area contributed by atoms with Crippen LogP contribution in [-0.4, -0.2) is 15.8 Å². The molecule has 0 spiro atoms. The minimum absolute atomic E-state index is 0.0352. The predicted octanol–water partition coefficient (Wildman–Crippen LogP) is 10.7. The van der Waals surface area contributed by atoms with E-state index in [1.807, 2.05) is 0 Å². The smallest absolute Gasteiger partial charge is 0.241 e. The number of hydrogen-bond acceptors (Lipinski definition) is 0. The number of benzene rings is 9. The van der Waals surface area contributed by atoms with Crippen LogP contribution >= 0.6 is 0 Å². The van der Waals surface area contributed by atoms with Gasteiger partial charge in [-0.2, -0.15) is 0 Å². The van der Waals surface area contributed by atoms with Crippen LogP contribution in [0, 0.1) is 0 Å². The average Bonchev–Trinajstić information content (AvgIpc) is 3.75. The first-order valence-corrected chi connectivity index (χ1v) is 18.4. The minimum atomic E-state index is 0.0352. The second-order valence-electron chi connectivity index (χ2n) is 14.1. The van der Waals surface area contributed by atoms with Crippen molar-refractivity contribution >= 4 is 88.3 Å². The van der Waals surface area contributed by atoms with Gasteiger partial charge in [-0.1, -0.05) is 180 Å². The lowest BCUT2D eigenvalue weighted by Crippen LogP contribution is -2.52. The summed E-state index contributed by atoms with van der Waals surface area (Å²) in [6.45, 7) is 0.0352. The Morgan fingerprint density at radius 1 is 0.283 bits per heavy atom. The summed E-state index contributed by atoms with van der Waals surface area (Å²) < 4.78 is 4.96. The highest BCUT2D eigenvalue weighted by molar-refractivity contribution is 6.95. The van der Waals surface area contributed by atoms with E-state index in [0.717, 1.165) is 11.4 Å². The zero-order valence-corrected chi connectivity index (χ0v) is 29.0. The maximum atomic E-state index is 2.51. The summed E-state index contributed by atoms with van der Waals surface area (Å²) in [5, 5.41) is 10.0. The summed E-state index contributed by atoms with van der Waals surface area (Å²) in [4.78, 5) is 0. The van der Waals surface area contributed by atoms with E-state index >= 15 is 0 Å². The van der Waals surface area contributed by atoms with Crippen molar-refractivity contribution in [3.8, 4) is 11.4 Å². The first kappa shape index (κ1) is 29.9. The lowest BCUT2D eigenvalue weighted by atomic mass is 9.36. The van der Waals surface area contributed by atoms with Crippen molar-refractivity contribution in [2.45, 2.75) is 0 Å². The predicted molar refractivity (Wildman–Crippen MR) is 228 cm³/mol. The zero-order chi connectivity index (χ0) is 34.9. The van der Waals surface area contributed by atoms with Gasteiger partial charge in [0.25, 0.3) is 0 Å². The fourth-order valence-corrected chi connectivity index (χ4v) is 8.81. The molecule has 11 rings (SSSR count).